The zero-order valence-electron chi connectivity index (χ0n) is 12.8. The lowest BCUT2D eigenvalue weighted by molar-refractivity contribution is 0.718. The van der Waals surface area contributed by atoms with Gasteiger partial charge in [0, 0.05) is 5.96 Å². The molecule has 100 valence electrons. The van der Waals surface area contributed by atoms with Gasteiger partial charge in [0.15, 0.2) is 0 Å². The van der Waals surface area contributed by atoms with Crippen LogP contribution < -0.4 is 0 Å². The van der Waals surface area contributed by atoms with Crippen LogP contribution in [0.4, 0.5) is 5.69 Å². The SMILES string of the molecule is Cc1ccc(N=CP(C(C)(C)C)C(C)(C)C)cc1. The Hall–Kier alpha value is -0.680. The van der Waals surface area contributed by atoms with E-state index < -0.39 is 0 Å². The van der Waals surface area contributed by atoms with Crippen LogP contribution in [0.5, 0.6) is 0 Å². The van der Waals surface area contributed by atoms with Gasteiger partial charge in [0.2, 0.25) is 0 Å². The third kappa shape index (κ3) is 4.53. The molecule has 0 N–H and O–H groups in total. The summed E-state index contributed by atoms with van der Waals surface area (Å²) in [4.78, 5) is 4.68. The molecule has 1 nitrogen and oxygen atoms in total. The van der Waals surface area contributed by atoms with Crippen molar-refractivity contribution < 1.29 is 0 Å². The Kier molecular flexibility index (Phi) is 4.72. The molecule has 0 spiro atoms. The number of benzene rings is 1. The fraction of sp³-hybridized carbons (Fsp3) is 0.562. The molecule has 0 bridgehead atoms. The maximum atomic E-state index is 4.68. The van der Waals surface area contributed by atoms with Crippen molar-refractivity contribution in [3.8, 4) is 0 Å². The maximum absolute atomic E-state index is 4.68. The van der Waals surface area contributed by atoms with Gasteiger partial charge in [-0.3, -0.25) is 4.99 Å². The summed E-state index contributed by atoms with van der Waals surface area (Å²) in [6.45, 7) is 16.0. The average molecular weight is 263 g/mol. The van der Waals surface area contributed by atoms with Crippen LogP contribution in [0.25, 0.3) is 0 Å². The molecule has 0 heterocycles. The van der Waals surface area contributed by atoms with Gasteiger partial charge < -0.3 is 0 Å². The Morgan fingerprint density at radius 2 is 1.33 bits per heavy atom. The second-order valence-corrected chi connectivity index (χ2v) is 10.4. The molecule has 0 amide bonds. The molecule has 0 aliphatic heterocycles. The van der Waals surface area contributed by atoms with Crippen molar-refractivity contribution >= 4 is 19.6 Å². The normalized spacial score (nSPS) is 13.6. The van der Waals surface area contributed by atoms with Gasteiger partial charge in [-0.1, -0.05) is 67.2 Å². The second-order valence-electron chi connectivity index (χ2n) is 6.79. The average Bonchev–Trinajstić information content (AvgIpc) is 2.17. The molecule has 0 aliphatic carbocycles. The molecule has 0 unspecified atom stereocenters. The molecular formula is C16H26NP. The molecule has 18 heavy (non-hydrogen) atoms. The molecule has 0 radical (unpaired) electrons. The first-order chi connectivity index (χ1) is 8.10. The van der Waals surface area contributed by atoms with E-state index in [0.29, 0.717) is 10.3 Å². The lowest BCUT2D eigenvalue weighted by Gasteiger charge is -2.38. The van der Waals surface area contributed by atoms with Crippen molar-refractivity contribution in [2.24, 2.45) is 4.99 Å². The van der Waals surface area contributed by atoms with E-state index in [1.165, 1.54) is 5.56 Å². The van der Waals surface area contributed by atoms with Crippen LogP contribution in [0.15, 0.2) is 29.3 Å². The molecule has 1 aromatic carbocycles. The molecule has 0 aliphatic rings. The Bertz CT molecular complexity index is 390. The third-order valence-electron chi connectivity index (χ3n) is 2.80. The highest BCUT2D eigenvalue weighted by Gasteiger charge is 2.32. The molecule has 0 saturated heterocycles. The Morgan fingerprint density at radius 3 is 1.72 bits per heavy atom. The number of hydrogen-bond acceptors (Lipinski definition) is 1. The number of aliphatic imine (C=N–C) groups is 1. The molecule has 0 fully saturated rings. The van der Waals surface area contributed by atoms with E-state index in [2.05, 4.69) is 83.7 Å². The minimum Gasteiger partial charge on any atom is -0.256 e. The molecular weight excluding hydrogens is 237 g/mol. The predicted octanol–water partition coefficient (Wildman–Crippen LogP) is 5.73. The molecule has 1 aromatic rings. The van der Waals surface area contributed by atoms with Gasteiger partial charge in [-0.2, -0.15) is 0 Å². The predicted molar refractivity (Wildman–Crippen MR) is 85.8 cm³/mol. The van der Waals surface area contributed by atoms with Crippen molar-refractivity contribution in [2.75, 3.05) is 0 Å². The van der Waals surface area contributed by atoms with Crippen LogP contribution in [0.1, 0.15) is 47.1 Å². The van der Waals surface area contributed by atoms with Crippen LogP contribution >= 0.6 is 7.92 Å². The van der Waals surface area contributed by atoms with Crippen LogP contribution in [0.3, 0.4) is 0 Å². The topological polar surface area (TPSA) is 12.4 Å². The molecule has 0 atom stereocenters. The minimum atomic E-state index is -0.266. The highest BCUT2D eigenvalue weighted by Crippen LogP contribution is 2.57. The Labute approximate surface area is 113 Å². The van der Waals surface area contributed by atoms with E-state index in [1.54, 1.807) is 0 Å². The van der Waals surface area contributed by atoms with Crippen LogP contribution in [0, 0.1) is 6.92 Å². The summed E-state index contributed by atoms with van der Waals surface area (Å²) in [7, 11) is -0.266. The first-order valence-corrected chi connectivity index (χ1v) is 7.92. The summed E-state index contributed by atoms with van der Waals surface area (Å²) in [5, 5.41) is 0.587. The van der Waals surface area contributed by atoms with Crippen molar-refractivity contribution in [1.82, 2.24) is 0 Å². The Morgan fingerprint density at radius 1 is 0.889 bits per heavy atom. The fourth-order valence-electron chi connectivity index (χ4n) is 2.11. The number of nitrogens with zero attached hydrogens (tertiary/aromatic N) is 1. The van der Waals surface area contributed by atoms with E-state index in [1.807, 2.05) is 0 Å². The maximum Gasteiger partial charge on any atom is 0.0630 e. The van der Waals surface area contributed by atoms with Gasteiger partial charge in [0.25, 0.3) is 0 Å². The molecule has 0 aromatic heterocycles. The summed E-state index contributed by atoms with van der Waals surface area (Å²) >= 11 is 0. The van der Waals surface area contributed by atoms with Gasteiger partial charge in [0.05, 0.1) is 5.69 Å². The van der Waals surface area contributed by atoms with Crippen molar-refractivity contribution in [1.29, 1.82) is 0 Å². The van der Waals surface area contributed by atoms with Gasteiger partial charge in [-0.25, -0.2) is 0 Å². The highest BCUT2D eigenvalue weighted by atomic mass is 31.1. The lowest BCUT2D eigenvalue weighted by atomic mass is 10.2. The lowest BCUT2D eigenvalue weighted by Crippen LogP contribution is -2.25. The van der Waals surface area contributed by atoms with Crippen molar-refractivity contribution in [3.05, 3.63) is 29.8 Å². The first kappa shape index (κ1) is 15.4. The smallest absolute Gasteiger partial charge is 0.0630 e. The van der Waals surface area contributed by atoms with Crippen LogP contribution in [-0.2, 0) is 0 Å². The zero-order chi connectivity index (χ0) is 14.0. The standard InChI is InChI=1S/C16H26NP/c1-13-8-10-14(11-9-13)17-12-18(15(2,3)4)16(5,6)7/h8-12H,1-7H3. The van der Waals surface area contributed by atoms with E-state index in [4.69, 9.17) is 0 Å². The van der Waals surface area contributed by atoms with Gasteiger partial charge in [-0.05, 0) is 29.4 Å². The monoisotopic (exact) mass is 263 g/mol. The summed E-state index contributed by atoms with van der Waals surface area (Å²) in [6, 6.07) is 8.40. The van der Waals surface area contributed by atoms with E-state index in [9.17, 15) is 0 Å². The van der Waals surface area contributed by atoms with Gasteiger partial charge in [-0.15, -0.1) is 0 Å². The van der Waals surface area contributed by atoms with Crippen molar-refractivity contribution in [3.63, 3.8) is 0 Å². The number of aryl methyl sites for hydroxylation is 1. The minimum absolute atomic E-state index is 0.266. The molecule has 1 rings (SSSR count). The summed E-state index contributed by atoms with van der Waals surface area (Å²) in [6.07, 6.45) is 0. The highest BCUT2D eigenvalue weighted by molar-refractivity contribution is 7.75. The zero-order valence-corrected chi connectivity index (χ0v) is 13.7. The quantitative estimate of drug-likeness (QED) is 0.477. The second kappa shape index (κ2) is 5.53. The fourth-order valence-corrected chi connectivity index (χ4v) is 5.06. The van der Waals surface area contributed by atoms with Crippen LogP contribution in [-0.4, -0.2) is 16.3 Å². The molecule has 0 saturated carbocycles. The van der Waals surface area contributed by atoms with E-state index in [0.717, 1.165) is 5.69 Å². The Balaban J connectivity index is 2.94. The van der Waals surface area contributed by atoms with Gasteiger partial charge >= 0.3 is 0 Å². The first-order valence-electron chi connectivity index (χ1n) is 6.51. The third-order valence-corrected chi connectivity index (χ3v) is 6.04. The summed E-state index contributed by atoms with van der Waals surface area (Å²) < 4.78 is 0. The van der Waals surface area contributed by atoms with E-state index >= 15 is 0 Å². The number of hydrogen-bond donors (Lipinski definition) is 0. The van der Waals surface area contributed by atoms with Crippen LogP contribution in [0.2, 0.25) is 0 Å². The van der Waals surface area contributed by atoms with Gasteiger partial charge in [0.1, 0.15) is 0 Å². The largest absolute Gasteiger partial charge is 0.256 e. The summed E-state index contributed by atoms with van der Waals surface area (Å²) in [5.74, 6) is 2.19. The number of rotatable bonds is 2. The summed E-state index contributed by atoms with van der Waals surface area (Å²) in [5.41, 5.74) is 2.34. The molecule has 2 heteroatoms. The van der Waals surface area contributed by atoms with Crippen molar-refractivity contribution in [2.45, 2.75) is 58.8 Å². The van der Waals surface area contributed by atoms with E-state index in [-0.39, 0.29) is 7.92 Å².